The van der Waals surface area contributed by atoms with Gasteiger partial charge in [-0.1, -0.05) is 52.5 Å². The second-order valence-electron chi connectivity index (χ2n) is 11.3. The first-order valence-corrected chi connectivity index (χ1v) is 14.7. The largest absolute Gasteiger partial charge is 0.381 e. The first kappa shape index (κ1) is 29.3. The fourth-order valence-corrected chi connectivity index (χ4v) is 6.48. The van der Waals surface area contributed by atoms with E-state index in [1.54, 1.807) is 5.57 Å². The van der Waals surface area contributed by atoms with Crippen LogP contribution in [0.2, 0.25) is 0 Å². The number of allylic oxidation sites excluding steroid dienone is 2. The summed E-state index contributed by atoms with van der Waals surface area (Å²) >= 11 is 0. The van der Waals surface area contributed by atoms with E-state index in [0.29, 0.717) is 11.5 Å². The van der Waals surface area contributed by atoms with E-state index in [2.05, 4.69) is 59.7 Å². The summed E-state index contributed by atoms with van der Waals surface area (Å²) in [6.07, 6.45) is 15.7. The van der Waals surface area contributed by atoms with Crippen molar-refractivity contribution in [3.8, 4) is 0 Å². The third-order valence-corrected chi connectivity index (χ3v) is 9.46. The lowest BCUT2D eigenvalue weighted by molar-refractivity contribution is 0.0819. The monoisotopic (exact) mass is 517 g/mol. The summed E-state index contributed by atoms with van der Waals surface area (Å²) in [4.78, 5) is 7.94. The highest BCUT2D eigenvalue weighted by molar-refractivity contribution is 5.85. The molecule has 0 amide bonds. The van der Waals surface area contributed by atoms with Gasteiger partial charge in [-0.25, -0.2) is 0 Å². The Morgan fingerprint density at radius 1 is 0.917 bits per heavy atom. The van der Waals surface area contributed by atoms with Crippen molar-refractivity contribution in [3.05, 3.63) is 29.8 Å². The van der Waals surface area contributed by atoms with Crippen molar-refractivity contribution in [1.29, 1.82) is 0 Å². The number of anilines is 2. The molecule has 1 aromatic carbocycles. The lowest BCUT2D eigenvalue weighted by atomic mass is 9.70. The Balaban J connectivity index is 0.00000361. The molecule has 2 saturated heterocycles. The van der Waals surface area contributed by atoms with Crippen LogP contribution < -0.4 is 9.80 Å². The van der Waals surface area contributed by atoms with Crippen molar-refractivity contribution in [2.24, 2.45) is 5.41 Å². The number of nitrogens with zero attached hydrogens (tertiary/aromatic N) is 3. The predicted octanol–water partition coefficient (Wildman–Crippen LogP) is 7.41. The van der Waals surface area contributed by atoms with E-state index >= 15 is 0 Å². The standard InChI is InChI=1S/C31H51N3O.ClH/c1-5-8-9-18-32-21-23-34(24-22-32)30-11-10-27(33-19-14-28(35-4)15-20-33)25-29(30)26-12-16-31(6-2,7-3)17-13-26;/h10-12,25,28H,5-9,13-24H2,1-4H3;1H. The minimum atomic E-state index is 0. The van der Waals surface area contributed by atoms with Crippen LogP contribution in [0.1, 0.15) is 90.5 Å². The molecular formula is C31H52ClN3O. The molecule has 3 aliphatic rings. The van der Waals surface area contributed by atoms with Crippen molar-refractivity contribution >= 4 is 29.4 Å². The summed E-state index contributed by atoms with van der Waals surface area (Å²) in [5.74, 6) is 0. The van der Waals surface area contributed by atoms with E-state index in [0.717, 1.165) is 39.0 Å². The zero-order valence-corrected chi connectivity index (χ0v) is 24.4. The highest BCUT2D eigenvalue weighted by Crippen LogP contribution is 2.45. The molecule has 1 aliphatic carbocycles. The van der Waals surface area contributed by atoms with Crippen LogP contribution in [-0.2, 0) is 4.74 Å². The third-order valence-electron chi connectivity index (χ3n) is 9.46. The van der Waals surface area contributed by atoms with Gasteiger partial charge in [-0.2, -0.15) is 0 Å². The van der Waals surface area contributed by atoms with Crippen LogP contribution in [0.25, 0.3) is 5.57 Å². The van der Waals surface area contributed by atoms with E-state index < -0.39 is 0 Å². The van der Waals surface area contributed by atoms with Crippen molar-refractivity contribution in [2.45, 2.75) is 91.1 Å². The van der Waals surface area contributed by atoms with Gasteiger partial charge in [0, 0.05) is 63.3 Å². The Morgan fingerprint density at radius 2 is 1.64 bits per heavy atom. The van der Waals surface area contributed by atoms with Crippen LogP contribution >= 0.6 is 12.4 Å². The number of methoxy groups -OCH3 is 1. The Hall–Kier alpha value is -1.23. The fraction of sp³-hybridized carbons (Fsp3) is 0.742. The van der Waals surface area contributed by atoms with Gasteiger partial charge in [0.1, 0.15) is 0 Å². The summed E-state index contributed by atoms with van der Waals surface area (Å²) in [6.45, 7) is 15.2. The third kappa shape index (κ3) is 6.99. The van der Waals surface area contributed by atoms with Gasteiger partial charge in [0.05, 0.1) is 6.10 Å². The van der Waals surface area contributed by atoms with Crippen LogP contribution in [-0.4, -0.2) is 63.9 Å². The molecule has 0 bridgehead atoms. The van der Waals surface area contributed by atoms with Gasteiger partial charge >= 0.3 is 0 Å². The molecular weight excluding hydrogens is 466 g/mol. The number of unbranched alkanes of at least 4 members (excludes halogenated alkanes) is 2. The molecule has 1 aromatic rings. The number of hydrogen-bond acceptors (Lipinski definition) is 4. The molecule has 0 atom stereocenters. The molecule has 4 rings (SSSR count). The summed E-state index contributed by atoms with van der Waals surface area (Å²) in [6, 6.07) is 7.38. The van der Waals surface area contributed by atoms with Crippen molar-refractivity contribution < 1.29 is 4.74 Å². The van der Waals surface area contributed by atoms with Gasteiger partial charge in [-0.05, 0) is 74.3 Å². The lowest BCUT2D eigenvalue weighted by Crippen LogP contribution is -2.47. The maximum Gasteiger partial charge on any atom is 0.0605 e. The van der Waals surface area contributed by atoms with Gasteiger partial charge in [-0.3, -0.25) is 4.90 Å². The molecule has 4 nitrogen and oxygen atoms in total. The van der Waals surface area contributed by atoms with Crippen LogP contribution in [0, 0.1) is 5.41 Å². The highest BCUT2D eigenvalue weighted by atomic mass is 35.5. The summed E-state index contributed by atoms with van der Waals surface area (Å²) in [5, 5.41) is 0. The molecule has 0 aromatic heterocycles. The molecule has 204 valence electrons. The lowest BCUT2D eigenvalue weighted by Gasteiger charge is -2.39. The Morgan fingerprint density at radius 3 is 2.22 bits per heavy atom. The quantitative estimate of drug-likeness (QED) is 0.301. The van der Waals surface area contributed by atoms with E-state index in [9.17, 15) is 0 Å². The van der Waals surface area contributed by atoms with Crippen LogP contribution in [0.15, 0.2) is 24.3 Å². The summed E-state index contributed by atoms with van der Waals surface area (Å²) < 4.78 is 5.63. The highest BCUT2D eigenvalue weighted by Gasteiger charge is 2.30. The molecule has 0 unspecified atom stereocenters. The van der Waals surface area contributed by atoms with Crippen molar-refractivity contribution in [3.63, 3.8) is 0 Å². The maximum atomic E-state index is 5.63. The molecule has 0 radical (unpaired) electrons. The average Bonchev–Trinajstić information content (AvgIpc) is 2.93. The fourth-order valence-electron chi connectivity index (χ4n) is 6.48. The topological polar surface area (TPSA) is 19.0 Å². The summed E-state index contributed by atoms with van der Waals surface area (Å²) in [5.41, 5.74) is 6.50. The molecule has 2 aliphatic heterocycles. The average molecular weight is 518 g/mol. The smallest absolute Gasteiger partial charge is 0.0605 e. The number of piperidine rings is 1. The molecule has 0 N–H and O–H groups in total. The van der Waals surface area contributed by atoms with Crippen LogP contribution in [0.3, 0.4) is 0 Å². The zero-order valence-electron chi connectivity index (χ0n) is 23.6. The van der Waals surface area contributed by atoms with Gasteiger partial charge in [0.25, 0.3) is 0 Å². The SMILES string of the molecule is CCCCCN1CCN(c2ccc(N3CCC(OC)CC3)cc2C2=CCC(CC)(CC)CC2)CC1.Cl. The Labute approximate surface area is 227 Å². The number of hydrogen-bond donors (Lipinski definition) is 0. The molecule has 0 spiro atoms. The number of piperazine rings is 1. The Kier molecular flexibility index (Phi) is 11.5. The number of benzene rings is 1. The maximum absolute atomic E-state index is 5.63. The molecule has 2 fully saturated rings. The normalized spacial score (nSPS) is 21.3. The minimum absolute atomic E-state index is 0. The van der Waals surface area contributed by atoms with Gasteiger partial charge < -0.3 is 14.5 Å². The van der Waals surface area contributed by atoms with Crippen LogP contribution in [0.4, 0.5) is 11.4 Å². The van der Waals surface area contributed by atoms with Gasteiger partial charge in [0.2, 0.25) is 0 Å². The molecule has 36 heavy (non-hydrogen) atoms. The number of ether oxygens (including phenoxy) is 1. The molecule has 5 heteroatoms. The number of halogens is 1. The van der Waals surface area contributed by atoms with Crippen LogP contribution in [0.5, 0.6) is 0 Å². The van der Waals surface area contributed by atoms with Crippen molar-refractivity contribution in [1.82, 2.24) is 4.90 Å². The minimum Gasteiger partial charge on any atom is -0.381 e. The second kappa shape index (κ2) is 14.1. The Bertz CT molecular complexity index is 821. The first-order valence-electron chi connectivity index (χ1n) is 14.7. The first-order chi connectivity index (χ1) is 17.1. The van der Waals surface area contributed by atoms with E-state index in [-0.39, 0.29) is 12.4 Å². The van der Waals surface area contributed by atoms with Crippen molar-refractivity contribution in [2.75, 3.05) is 62.7 Å². The predicted molar refractivity (Wildman–Crippen MR) is 159 cm³/mol. The van der Waals surface area contributed by atoms with E-state index in [4.69, 9.17) is 4.74 Å². The summed E-state index contributed by atoms with van der Waals surface area (Å²) in [7, 11) is 1.86. The van der Waals surface area contributed by atoms with E-state index in [1.165, 1.54) is 87.9 Å². The zero-order chi connectivity index (χ0) is 24.7. The van der Waals surface area contributed by atoms with Gasteiger partial charge in [0.15, 0.2) is 0 Å². The second-order valence-corrected chi connectivity index (χ2v) is 11.3. The van der Waals surface area contributed by atoms with Gasteiger partial charge in [-0.15, -0.1) is 12.4 Å². The number of rotatable bonds is 10. The van der Waals surface area contributed by atoms with E-state index in [1.807, 2.05) is 7.11 Å². The molecule has 0 saturated carbocycles. The molecule has 2 heterocycles.